The molecule has 0 aliphatic heterocycles. The highest BCUT2D eigenvalue weighted by atomic mass is 35.5. The summed E-state index contributed by atoms with van der Waals surface area (Å²) in [5.74, 6) is -1.60. The lowest BCUT2D eigenvalue weighted by Crippen LogP contribution is -2.40. The molecule has 0 saturated carbocycles. The van der Waals surface area contributed by atoms with Gasteiger partial charge in [0.2, 0.25) is 0 Å². The standard InChI is InChI=1S/C9H10ClN3O3/c1-5(9(15)16)13(2)8(14)6-3-4-7(10)12-11-6/h3-5H,1-2H3,(H,15,16). The Labute approximate surface area is 96.8 Å². The second-order valence-corrected chi connectivity index (χ2v) is 3.56. The molecule has 1 N–H and O–H groups in total. The van der Waals surface area contributed by atoms with Gasteiger partial charge in [-0.15, -0.1) is 10.2 Å². The quantitative estimate of drug-likeness (QED) is 0.844. The zero-order valence-corrected chi connectivity index (χ0v) is 9.47. The molecule has 1 aromatic rings. The summed E-state index contributed by atoms with van der Waals surface area (Å²) in [7, 11) is 1.39. The van der Waals surface area contributed by atoms with Crippen LogP contribution in [0.1, 0.15) is 17.4 Å². The molecular weight excluding hydrogens is 234 g/mol. The van der Waals surface area contributed by atoms with E-state index in [0.29, 0.717) is 0 Å². The fraction of sp³-hybridized carbons (Fsp3) is 0.333. The number of aliphatic carboxylic acids is 1. The van der Waals surface area contributed by atoms with E-state index in [4.69, 9.17) is 16.7 Å². The smallest absolute Gasteiger partial charge is 0.326 e. The summed E-state index contributed by atoms with van der Waals surface area (Å²) >= 11 is 5.52. The summed E-state index contributed by atoms with van der Waals surface area (Å²) in [5.41, 5.74) is 0.0556. The number of aromatic nitrogens is 2. The second-order valence-electron chi connectivity index (χ2n) is 3.17. The zero-order valence-electron chi connectivity index (χ0n) is 8.72. The van der Waals surface area contributed by atoms with Gasteiger partial charge in [0.15, 0.2) is 10.8 Å². The van der Waals surface area contributed by atoms with Crippen LogP contribution in [0, 0.1) is 0 Å². The molecule has 1 amide bonds. The van der Waals surface area contributed by atoms with Crippen LogP contribution in [-0.4, -0.2) is 45.2 Å². The van der Waals surface area contributed by atoms with Crippen LogP contribution < -0.4 is 0 Å². The Morgan fingerprint density at radius 1 is 1.44 bits per heavy atom. The number of amides is 1. The molecule has 0 spiro atoms. The lowest BCUT2D eigenvalue weighted by atomic mass is 10.2. The highest BCUT2D eigenvalue weighted by Crippen LogP contribution is 2.06. The highest BCUT2D eigenvalue weighted by Gasteiger charge is 2.23. The maximum Gasteiger partial charge on any atom is 0.326 e. The maximum absolute atomic E-state index is 11.7. The number of carbonyl (C=O) groups is 2. The van der Waals surface area contributed by atoms with Crippen LogP contribution >= 0.6 is 11.6 Å². The molecule has 1 atom stereocenters. The molecule has 86 valence electrons. The SMILES string of the molecule is CC(C(=O)O)N(C)C(=O)c1ccc(Cl)nn1. The summed E-state index contributed by atoms with van der Waals surface area (Å²) in [6, 6.07) is 1.88. The van der Waals surface area contributed by atoms with Crippen LogP contribution in [0.15, 0.2) is 12.1 Å². The lowest BCUT2D eigenvalue weighted by molar-refractivity contribution is -0.141. The van der Waals surface area contributed by atoms with Crippen molar-refractivity contribution in [3.8, 4) is 0 Å². The molecule has 1 heterocycles. The first-order valence-corrected chi connectivity index (χ1v) is 4.80. The molecule has 0 aromatic carbocycles. The molecule has 0 radical (unpaired) electrons. The lowest BCUT2D eigenvalue weighted by Gasteiger charge is -2.20. The van der Waals surface area contributed by atoms with Gasteiger partial charge in [-0.1, -0.05) is 11.6 Å². The predicted molar refractivity (Wildman–Crippen MR) is 56.2 cm³/mol. The molecule has 0 bridgehead atoms. The number of rotatable bonds is 3. The van der Waals surface area contributed by atoms with Gasteiger partial charge >= 0.3 is 5.97 Å². The molecule has 1 rings (SSSR count). The molecular formula is C9H10ClN3O3. The Balaban J connectivity index is 2.86. The van der Waals surface area contributed by atoms with Crippen molar-refractivity contribution in [3.05, 3.63) is 23.0 Å². The molecule has 6 nitrogen and oxygen atoms in total. The van der Waals surface area contributed by atoms with Crippen molar-refractivity contribution in [2.45, 2.75) is 13.0 Å². The Kier molecular flexibility index (Phi) is 3.78. The molecule has 0 aliphatic carbocycles. The van der Waals surface area contributed by atoms with Gasteiger partial charge in [-0.3, -0.25) is 4.79 Å². The third-order valence-electron chi connectivity index (χ3n) is 2.11. The van der Waals surface area contributed by atoms with Crippen molar-refractivity contribution in [1.29, 1.82) is 0 Å². The first kappa shape index (κ1) is 12.4. The Morgan fingerprint density at radius 3 is 2.50 bits per heavy atom. The van der Waals surface area contributed by atoms with Gasteiger partial charge in [0.1, 0.15) is 6.04 Å². The monoisotopic (exact) mass is 243 g/mol. The van der Waals surface area contributed by atoms with Crippen molar-refractivity contribution >= 4 is 23.5 Å². The Morgan fingerprint density at radius 2 is 2.06 bits per heavy atom. The maximum atomic E-state index is 11.7. The van der Waals surface area contributed by atoms with E-state index < -0.39 is 17.9 Å². The molecule has 0 saturated heterocycles. The van der Waals surface area contributed by atoms with E-state index in [9.17, 15) is 9.59 Å². The largest absolute Gasteiger partial charge is 0.480 e. The minimum absolute atomic E-state index is 0.0556. The Hall–Kier alpha value is -1.69. The van der Waals surface area contributed by atoms with Gasteiger partial charge in [-0.05, 0) is 19.1 Å². The van der Waals surface area contributed by atoms with E-state index in [1.165, 1.54) is 26.1 Å². The third kappa shape index (κ3) is 2.66. The number of hydrogen-bond donors (Lipinski definition) is 1. The van der Waals surface area contributed by atoms with E-state index in [1.807, 2.05) is 0 Å². The van der Waals surface area contributed by atoms with Crippen molar-refractivity contribution < 1.29 is 14.7 Å². The van der Waals surface area contributed by atoms with Crippen LogP contribution in [0.3, 0.4) is 0 Å². The van der Waals surface area contributed by atoms with Gasteiger partial charge < -0.3 is 10.0 Å². The van der Waals surface area contributed by atoms with Crippen molar-refractivity contribution in [3.63, 3.8) is 0 Å². The first-order chi connectivity index (χ1) is 7.43. The first-order valence-electron chi connectivity index (χ1n) is 4.42. The molecule has 7 heteroatoms. The van der Waals surface area contributed by atoms with Crippen molar-refractivity contribution in [2.24, 2.45) is 0 Å². The average molecular weight is 244 g/mol. The van der Waals surface area contributed by atoms with E-state index in [2.05, 4.69) is 10.2 Å². The molecule has 16 heavy (non-hydrogen) atoms. The summed E-state index contributed by atoms with van der Waals surface area (Å²) in [4.78, 5) is 23.5. The van der Waals surface area contributed by atoms with Crippen molar-refractivity contribution in [1.82, 2.24) is 15.1 Å². The number of nitrogens with zero attached hydrogens (tertiary/aromatic N) is 3. The van der Waals surface area contributed by atoms with Crippen LogP contribution in [0.25, 0.3) is 0 Å². The fourth-order valence-electron chi connectivity index (χ4n) is 0.952. The van der Waals surface area contributed by atoms with E-state index in [-0.39, 0.29) is 10.8 Å². The number of hydrogen-bond acceptors (Lipinski definition) is 4. The van der Waals surface area contributed by atoms with Gasteiger partial charge in [-0.25, -0.2) is 4.79 Å². The number of halogens is 1. The summed E-state index contributed by atoms with van der Waals surface area (Å²) in [6.07, 6.45) is 0. The van der Waals surface area contributed by atoms with Crippen molar-refractivity contribution in [2.75, 3.05) is 7.05 Å². The zero-order chi connectivity index (χ0) is 12.3. The van der Waals surface area contributed by atoms with Crippen LogP contribution in [0.4, 0.5) is 0 Å². The second kappa shape index (κ2) is 4.89. The van der Waals surface area contributed by atoms with E-state index >= 15 is 0 Å². The molecule has 0 aliphatic rings. The van der Waals surface area contributed by atoms with E-state index in [0.717, 1.165) is 4.90 Å². The third-order valence-corrected chi connectivity index (χ3v) is 2.31. The fourth-order valence-corrected chi connectivity index (χ4v) is 1.05. The van der Waals surface area contributed by atoms with Gasteiger partial charge in [0, 0.05) is 7.05 Å². The highest BCUT2D eigenvalue weighted by molar-refractivity contribution is 6.29. The minimum atomic E-state index is -1.09. The van der Waals surface area contributed by atoms with Gasteiger partial charge in [-0.2, -0.15) is 0 Å². The molecule has 1 unspecified atom stereocenters. The number of likely N-dealkylation sites (N-methyl/N-ethyl adjacent to an activating group) is 1. The van der Waals surface area contributed by atoms with Gasteiger partial charge in [0.25, 0.3) is 5.91 Å². The summed E-state index contributed by atoms with van der Waals surface area (Å²) < 4.78 is 0. The minimum Gasteiger partial charge on any atom is -0.480 e. The number of carboxylic acid groups (broad SMARTS) is 1. The van der Waals surface area contributed by atoms with Crippen LogP contribution in [0.5, 0.6) is 0 Å². The van der Waals surface area contributed by atoms with Crippen LogP contribution in [0.2, 0.25) is 5.15 Å². The topological polar surface area (TPSA) is 83.4 Å². The van der Waals surface area contributed by atoms with Gasteiger partial charge in [0.05, 0.1) is 0 Å². The van der Waals surface area contributed by atoms with E-state index in [1.54, 1.807) is 0 Å². The summed E-state index contributed by atoms with van der Waals surface area (Å²) in [6.45, 7) is 1.41. The summed E-state index contributed by atoms with van der Waals surface area (Å²) in [5, 5.41) is 16.0. The number of carbonyl (C=O) groups excluding carboxylic acids is 1. The average Bonchev–Trinajstić information content (AvgIpc) is 2.27. The number of carboxylic acids is 1. The Bertz CT molecular complexity index is 407. The van der Waals surface area contributed by atoms with Crippen LogP contribution in [-0.2, 0) is 4.79 Å². The molecule has 0 fully saturated rings. The normalized spacial score (nSPS) is 11.9. The molecule has 1 aromatic heterocycles. The predicted octanol–water partition coefficient (Wildman–Crippen LogP) is 0.675.